The van der Waals surface area contributed by atoms with Crippen LogP contribution >= 0.6 is 11.6 Å². The standard InChI is InChI=1S/C11H8ClNO4/c1-16-10(14)8-9(13-17-11(8)15)6-2-4-7(12)5-3-6/h2-5,13H,1H3. The topological polar surface area (TPSA) is 72.3 Å². The Bertz CT molecular complexity index is 597. The SMILES string of the molecule is COC(=O)c1c(-c2ccc(Cl)cc2)[nH]oc1=O. The van der Waals surface area contributed by atoms with E-state index in [1.165, 1.54) is 7.11 Å². The van der Waals surface area contributed by atoms with E-state index in [1.807, 2.05) is 0 Å². The van der Waals surface area contributed by atoms with Gasteiger partial charge < -0.3 is 9.26 Å². The smallest absolute Gasteiger partial charge is 0.372 e. The molecule has 2 aromatic rings. The number of hydrogen-bond donors (Lipinski definition) is 1. The van der Waals surface area contributed by atoms with Crippen molar-refractivity contribution in [2.75, 3.05) is 7.11 Å². The first-order chi connectivity index (χ1) is 8.13. The van der Waals surface area contributed by atoms with Crippen molar-refractivity contribution >= 4 is 17.6 Å². The van der Waals surface area contributed by atoms with Crippen molar-refractivity contribution in [3.05, 3.63) is 45.3 Å². The van der Waals surface area contributed by atoms with Gasteiger partial charge in [0.1, 0.15) is 5.69 Å². The number of halogens is 1. The molecule has 6 heteroatoms. The normalized spacial score (nSPS) is 10.2. The van der Waals surface area contributed by atoms with Crippen LogP contribution in [0.1, 0.15) is 10.4 Å². The molecule has 88 valence electrons. The molecule has 1 aromatic carbocycles. The van der Waals surface area contributed by atoms with Crippen LogP contribution < -0.4 is 5.63 Å². The largest absolute Gasteiger partial charge is 0.465 e. The number of benzene rings is 1. The van der Waals surface area contributed by atoms with Crippen LogP contribution in [0.5, 0.6) is 0 Å². The Morgan fingerprint density at radius 1 is 1.35 bits per heavy atom. The molecule has 1 heterocycles. The van der Waals surface area contributed by atoms with E-state index in [2.05, 4.69) is 14.4 Å². The molecule has 0 aliphatic heterocycles. The molecule has 0 bridgehead atoms. The van der Waals surface area contributed by atoms with Crippen molar-refractivity contribution in [3.63, 3.8) is 0 Å². The quantitative estimate of drug-likeness (QED) is 0.832. The molecule has 0 atom stereocenters. The summed E-state index contributed by atoms with van der Waals surface area (Å²) in [5.41, 5.74) is -0.0317. The van der Waals surface area contributed by atoms with Gasteiger partial charge in [-0.05, 0) is 12.1 Å². The molecule has 1 N–H and O–H groups in total. The summed E-state index contributed by atoms with van der Waals surface area (Å²) in [6.45, 7) is 0. The van der Waals surface area contributed by atoms with Gasteiger partial charge in [0, 0.05) is 10.6 Å². The summed E-state index contributed by atoms with van der Waals surface area (Å²) >= 11 is 5.75. The average Bonchev–Trinajstić information content (AvgIpc) is 2.71. The minimum Gasteiger partial charge on any atom is -0.465 e. The fourth-order valence-corrected chi connectivity index (χ4v) is 1.53. The van der Waals surface area contributed by atoms with Crippen LogP contribution in [0.3, 0.4) is 0 Å². The molecule has 0 aliphatic rings. The van der Waals surface area contributed by atoms with Gasteiger partial charge in [0.05, 0.1) is 7.11 Å². The first-order valence-electron chi connectivity index (χ1n) is 4.69. The lowest BCUT2D eigenvalue weighted by Crippen LogP contribution is -2.12. The van der Waals surface area contributed by atoms with Crippen molar-refractivity contribution in [2.45, 2.75) is 0 Å². The predicted octanol–water partition coefficient (Wildman–Crippen LogP) is 2.07. The van der Waals surface area contributed by atoms with Crippen LogP contribution in [0, 0.1) is 0 Å². The molecule has 17 heavy (non-hydrogen) atoms. The Balaban J connectivity index is 2.56. The van der Waals surface area contributed by atoms with Crippen LogP contribution in [-0.4, -0.2) is 18.2 Å². The summed E-state index contributed by atoms with van der Waals surface area (Å²) in [4.78, 5) is 22.8. The maximum Gasteiger partial charge on any atom is 0.372 e. The second-order valence-electron chi connectivity index (χ2n) is 3.24. The molecule has 0 unspecified atom stereocenters. The van der Waals surface area contributed by atoms with Gasteiger partial charge in [-0.3, -0.25) is 0 Å². The van der Waals surface area contributed by atoms with E-state index >= 15 is 0 Å². The zero-order valence-electron chi connectivity index (χ0n) is 8.82. The van der Waals surface area contributed by atoms with E-state index in [0.717, 1.165) is 0 Å². The lowest BCUT2D eigenvalue weighted by Gasteiger charge is -2.00. The third-order valence-electron chi connectivity index (χ3n) is 2.22. The molecule has 5 nitrogen and oxygen atoms in total. The zero-order valence-corrected chi connectivity index (χ0v) is 9.58. The van der Waals surface area contributed by atoms with Crippen LogP contribution in [0.2, 0.25) is 5.02 Å². The predicted molar refractivity (Wildman–Crippen MR) is 61.1 cm³/mol. The molecule has 0 spiro atoms. The van der Waals surface area contributed by atoms with Crippen molar-refractivity contribution < 1.29 is 14.1 Å². The van der Waals surface area contributed by atoms with Gasteiger partial charge in [-0.15, -0.1) is 0 Å². The van der Waals surface area contributed by atoms with Crippen LogP contribution in [0.25, 0.3) is 11.3 Å². The summed E-state index contributed by atoms with van der Waals surface area (Å²) in [5.74, 6) is -0.745. The maximum atomic E-state index is 11.4. The zero-order chi connectivity index (χ0) is 12.4. The lowest BCUT2D eigenvalue weighted by molar-refractivity contribution is 0.0598. The van der Waals surface area contributed by atoms with Gasteiger partial charge in [0.25, 0.3) is 0 Å². The maximum absolute atomic E-state index is 11.4. The summed E-state index contributed by atoms with van der Waals surface area (Å²) in [7, 11) is 1.19. The number of ether oxygens (including phenoxy) is 1. The molecule has 0 fully saturated rings. The van der Waals surface area contributed by atoms with E-state index in [9.17, 15) is 9.59 Å². The summed E-state index contributed by atoms with van der Waals surface area (Å²) in [6, 6.07) is 6.61. The highest BCUT2D eigenvalue weighted by atomic mass is 35.5. The first-order valence-corrected chi connectivity index (χ1v) is 5.07. The van der Waals surface area contributed by atoms with Crippen LogP contribution in [0.4, 0.5) is 0 Å². The van der Waals surface area contributed by atoms with E-state index in [-0.39, 0.29) is 11.3 Å². The van der Waals surface area contributed by atoms with Gasteiger partial charge >= 0.3 is 11.6 Å². The minimum atomic E-state index is -0.762. The third kappa shape index (κ3) is 2.09. The van der Waals surface area contributed by atoms with E-state index < -0.39 is 11.6 Å². The van der Waals surface area contributed by atoms with E-state index in [0.29, 0.717) is 10.6 Å². The number of methoxy groups -OCH3 is 1. The highest BCUT2D eigenvalue weighted by Crippen LogP contribution is 2.22. The molecule has 1 aromatic heterocycles. The number of carbonyl (C=O) groups excluding carboxylic acids is 1. The molecule has 0 saturated carbocycles. The molecule has 0 saturated heterocycles. The number of H-pyrrole nitrogens is 1. The van der Waals surface area contributed by atoms with Crippen molar-refractivity contribution in [2.24, 2.45) is 0 Å². The number of aromatic amines is 1. The Morgan fingerprint density at radius 2 is 2.00 bits per heavy atom. The fourth-order valence-electron chi connectivity index (χ4n) is 1.41. The first kappa shape index (κ1) is 11.5. The van der Waals surface area contributed by atoms with Gasteiger partial charge in [-0.1, -0.05) is 23.7 Å². The average molecular weight is 254 g/mol. The summed E-state index contributed by atoms with van der Waals surface area (Å²) in [6.07, 6.45) is 0. The second-order valence-corrected chi connectivity index (χ2v) is 3.68. The Hall–Kier alpha value is -2.01. The molecular weight excluding hydrogens is 246 g/mol. The second kappa shape index (κ2) is 4.47. The Labute approximate surface area is 101 Å². The van der Waals surface area contributed by atoms with E-state index in [4.69, 9.17) is 11.6 Å². The van der Waals surface area contributed by atoms with Gasteiger partial charge in [0.15, 0.2) is 5.56 Å². The van der Waals surface area contributed by atoms with Crippen LogP contribution in [-0.2, 0) is 4.74 Å². The third-order valence-corrected chi connectivity index (χ3v) is 2.47. The van der Waals surface area contributed by atoms with Crippen molar-refractivity contribution in [1.82, 2.24) is 5.16 Å². The molecule has 0 radical (unpaired) electrons. The molecular formula is C11H8ClNO4. The van der Waals surface area contributed by atoms with Crippen LogP contribution in [0.15, 0.2) is 33.6 Å². The number of rotatable bonds is 2. The van der Waals surface area contributed by atoms with Crippen molar-refractivity contribution in [3.8, 4) is 11.3 Å². The highest BCUT2D eigenvalue weighted by Gasteiger charge is 2.21. The molecule has 0 aliphatic carbocycles. The Kier molecular flexibility index (Phi) is 3.01. The summed E-state index contributed by atoms with van der Waals surface area (Å²) in [5, 5.41) is 2.95. The number of nitrogens with one attached hydrogen (secondary N) is 1. The van der Waals surface area contributed by atoms with Gasteiger partial charge in [0.2, 0.25) is 0 Å². The fraction of sp³-hybridized carbons (Fsp3) is 0.0909. The van der Waals surface area contributed by atoms with Gasteiger partial charge in [-0.25, -0.2) is 14.7 Å². The lowest BCUT2D eigenvalue weighted by atomic mass is 10.1. The number of esters is 1. The van der Waals surface area contributed by atoms with E-state index in [1.54, 1.807) is 24.3 Å². The van der Waals surface area contributed by atoms with Crippen molar-refractivity contribution in [1.29, 1.82) is 0 Å². The highest BCUT2D eigenvalue weighted by molar-refractivity contribution is 6.30. The number of aromatic nitrogens is 1. The van der Waals surface area contributed by atoms with Gasteiger partial charge in [-0.2, -0.15) is 0 Å². The Morgan fingerprint density at radius 3 is 2.59 bits per heavy atom. The number of carbonyl (C=O) groups is 1. The monoisotopic (exact) mass is 253 g/mol. The summed E-state index contributed by atoms with van der Waals surface area (Å²) < 4.78 is 9.11. The number of hydrogen-bond acceptors (Lipinski definition) is 4. The molecule has 2 rings (SSSR count). The minimum absolute atomic E-state index is 0.158. The molecule has 0 amide bonds.